The lowest BCUT2D eigenvalue weighted by atomic mass is 10.2. The summed E-state index contributed by atoms with van der Waals surface area (Å²) >= 11 is 0. The zero-order valence-corrected chi connectivity index (χ0v) is 6.23. The maximum absolute atomic E-state index is 10.9. The molecule has 1 rings (SSSR count). The summed E-state index contributed by atoms with van der Waals surface area (Å²) in [6.45, 7) is 0. The van der Waals surface area contributed by atoms with E-state index in [0.29, 0.717) is 0 Å². The molecule has 0 bridgehead atoms. The molecule has 0 atom stereocenters. The average Bonchev–Trinajstić information content (AvgIpc) is 2.02. The molecule has 1 heterocycles. The van der Waals surface area contributed by atoms with Crippen LogP contribution in [0.2, 0.25) is 0 Å². The third-order valence-electron chi connectivity index (χ3n) is 1.11. The van der Waals surface area contributed by atoms with Crippen LogP contribution in [-0.4, -0.2) is 11.7 Å². The van der Waals surface area contributed by atoms with Gasteiger partial charge in [0, 0.05) is 0 Å². The predicted molar refractivity (Wildman–Crippen MR) is 40.9 cm³/mol. The van der Waals surface area contributed by atoms with Gasteiger partial charge in [0.2, 0.25) is 5.91 Å². The number of nitrogens with zero attached hydrogens (tertiary/aromatic N) is 2. The van der Waals surface area contributed by atoms with E-state index in [9.17, 15) is 9.59 Å². The first-order valence-electron chi connectivity index (χ1n) is 3.34. The number of carbonyl (C=O) groups is 2. The Morgan fingerprint density at radius 1 is 1.33 bits per heavy atom. The number of hydrogen-bond acceptors (Lipinski definition) is 4. The third kappa shape index (κ3) is 2.87. The maximum Gasteiger partial charge on any atom is 0.249 e. The molecule has 0 saturated heterocycles. The van der Waals surface area contributed by atoms with Crippen molar-refractivity contribution in [3.63, 3.8) is 0 Å². The first-order valence-corrected chi connectivity index (χ1v) is 3.34. The summed E-state index contributed by atoms with van der Waals surface area (Å²) in [5.41, 5.74) is 2.10. The van der Waals surface area contributed by atoms with Crippen molar-refractivity contribution in [1.29, 1.82) is 0 Å². The van der Waals surface area contributed by atoms with Crippen molar-refractivity contribution >= 4 is 11.7 Å². The summed E-state index contributed by atoms with van der Waals surface area (Å²) in [6.07, 6.45) is 5.56. The van der Waals surface area contributed by atoms with E-state index in [1.54, 1.807) is 6.08 Å². The van der Waals surface area contributed by atoms with Gasteiger partial charge in [0.1, 0.15) is 0 Å². The van der Waals surface area contributed by atoms with Gasteiger partial charge in [0.25, 0.3) is 0 Å². The van der Waals surface area contributed by atoms with E-state index >= 15 is 0 Å². The number of amides is 1. The third-order valence-corrected chi connectivity index (χ3v) is 1.11. The van der Waals surface area contributed by atoms with Gasteiger partial charge < -0.3 is 0 Å². The first-order chi connectivity index (χ1) is 5.79. The number of carbonyl (C=O) groups excluding carboxylic acids is 2. The van der Waals surface area contributed by atoms with Crippen LogP contribution in [0.4, 0.5) is 0 Å². The van der Waals surface area contributed by atoms with E-state index in [1.807, 2.05) is 0 Å². The molecule has 1 aliphatic rings. The second kappa shape index (κ2) is 4.17. The zero-order valence-electron chi connectivity index (χ0n) is 6.23. The molecule has 5 nitrogen and oxygen atoms in total. The Labute approximate surface area is 68.8 Å². The van der Waals surface area contributed by atoms with Crippen LogP contribution in [0, 0.1) is 0 Å². The maximum atomic E-state index is 10.9. The van der Waals surface area contributed by atoms with Gasteiger partial charge in [-0.15, -0.1) is 5.11 Å². The van der Waals surface area contributed by atoms with E-state index < -0.39 is 5.91 Å². The van der Waals surface area contributed by atoms with Gasteiger partial charge in [-0.1, -0.05) is 11.3 Å². The van der Waals surface area contributed by atoms with Crippen LogP contribution in [-0.2, 0) is 9.59 Å². The number of allylic oxidation sites excluding steroid dienone is 3. The standard InChI is InChI=1S/C7H7N3O2/c11-6-3-1-2-4-8-10-9-7(12)5-6/h1-4H,5H2,(H,8,9,12)/b3-1-,4-2-. The number of hydrogen-bond donors (Lipinski definition) is 1. The van der Waals surface area contributed by atoms with Crippen molar-refractivity contribution in [2.75, 3.05) is 0 Å². The van der Waals surface area contributed by atoms with Crippen LogP contribution in [0.1, 0.15) is 6.42 Å². The van der Waals surface area contributed by atoms with E-state index in [-0.39, 0.29) is 12.2 Å². The fourth-order valence-electron chi connectivity index (χ4n) is 0.626. The van der Waals surface area contributed by atoms with Crippen LogP contribution in [0.3, 0.4) is 0 Å². The largest absolute Gasteiger partial charge is 0.294 e. The fraction of sp³-hybridized carbons (Fsp3) is 0.143. The Balaban J connectivity index is 2.71. The van der Waals surface area contributed by atoms with Crippen LogP contribution in [0.25, 0.3) is 0 Å². The molecule has 0 fully saturated rings. The fourth-order valence-corrected chi connectivity index (χ4v) is 0.626. The Morgan fingerprint density at radius 3 is 3.00 bits per heavy atom. The Bertz CT molecular complexity index is 278. The van der Waals surface area contributed by atoms with Gasteiger partial charge in [-0.05, 0) is 12.2 Å². The van der Waals surface area contributed by atoms with Gasteiger partial charge in [0.05, 0.1) is 12.6 Å². The van der Waals surface area contributed by atoms with Crippen LogP contribution in [0.15, 0.2) is 34.8 Å². The second-order valence-electron chi connectivity index (χ2n) is 2.09. The quantitative estimate of drug-likeness (QED) is 0.531. The zero-order chi connectivity index (χ0) is 8.81. The Morgan fingerprint density at radius 2 is 2.17 bits per heavy atom. The van der Waals surface area contributed by atoms with Crippen molar-refractivity contribution < 1.29 is 9.59 Å². The summed E-state index contributed by atoms with van der Waals surface area (Å²) in [6, 6.07) is 0. The molecule has 0 saturated carbocycles. The molecule has 1 amide bonds. The molecule has 1 N–H and O–H groups in total. The highest BCUT2D eigenvalue weighted by Gasteiger charge is 2.05. The minimum Gasteiger partial charge on any atom is -0.294 e. The minimum atomic E-state index is -0.455. The van der Waals surface area contributed by atoms with Gasteiger partial charge in [-0.2, -0.15) is 0 Å². The molecule has 0 aromatic rings. The van der Waals surface area contributed by atoms with Gasteiger partial charge in [-0.25, -0.2) is 5.43 Å². The van der Waals surface area contributed by atoms with Crippen molar-refractivity contribution in [2.24, 2.45) is 10.3 Å². The lowest BCUT2D eigenvalue weighted by Gasteiger charge is -1.94. The molecular formula is C7H7N3O2. The van der Waals surface area contributed by atoms with Gasteiger partial charge >= 0.3 is 0 Å². The Kier molecular flexibility index (Phi) is 2.89. The second-order valence-corrected chi connectivity index (χ2v) is 2.09. The van der Waals surface area contributed by atoms with Crippen molar-refractivity contribution in [2.45, 2.75) is 6.42 Å². The normalized spacial score (nSPS) is 23.0. The molecule has 0 aromatic heterocycles. The predicted octanol–water partition coefficient (Wildman–Crippen LogP) is 0.512. The summed E-state index contributed by atoms with van der Waals surface area (Å²) in [7, 11) is 0. The smallest absolute Gasteiger partial charge is 0.249 e. The molecular weight excluding hydrogens is 158 g/mol. The van der Waals surface area contributed by atoms with Gasteiger partial charge in [0.15, 0.2) is 5.78 Å². The molecule has 0 spiro atoms. The lowest BCUT2D eigenvalue weighted by molar-refractivity contribution is -0.126. The number of rotatable bonds is 0. The van der Waals surface area contributed by atoms with Crippen molar-refractivity contribution in [3.05, 3.63) is 24.4 Å². The highest BCUT2D eigenvalue weighted by molar-refractivity contribution is 6.03. The molecule has 0 unspecified atom stereocenters. The number of ketones is 1. The molecule has 0 aromatic carbocycles. The summed E-state index contributed by atoms with van der Waals surface area (Å²) in [4.78, 5) is 21.6. The highest BCUT2D eigenvalue weighted by atomic mass is 16.2. The van der Waals surface area contributed by atoms with E-state index in [0.717, 1.165) is 0 Å². The topological polar surface area (TPSA) is 70.9 Å². The number of nitrogens with one attached hydrogen (secondary N) is 1. The van der Waals surface area contributed by atoms with Crippen LogP contribution >= 0.6 is 0 Å². The van der Waals surface area contributed by atoms with E-state index in [2.05, 4.69) is 15.8 Å². The van der Waals surface area contributed by atoms with E-state index in [1.165, 1.54) is 18.4 Å². The molecule has 12 heavy (non-hydrogen) atoms. The van der Waals surface area contributed by atoms with Crippen LogP contribution in [0.5, 0.6) is 0 Å². The first kappa shape index (κ1) is 8.32. The van der Waals surface area contributed by atoms with Crippen molar-refractivity contribution in [1.82, 2.24) is 5.43 Å². The summed E-state index contributed by atoms with van der Waals surface area (Å²) in [5, 5.41) is 6.76. The average molecular weight is 165 g/mol. The van der Waals surface area contributed by atoms with Gasteiger partial charge in [-0.3, -0.25) is 9.59 Å². The van der Waals surface area contributed by atoms with Crippen molar-refractivity contribution in [3.8, 4) is 0 Å². The summed E-state index contributed by atoms with van der Waals surface area (Å²) < 4.78 is 0. The highest BCUT2D eigenvalue weighted by Crippen LogP contribution is 1.90. The van der Waals surface area contributed by atoms with E-state index in [4.69, 9.17) is 0 Å². The Hall–Kier alpha value is -1.78. The molecule has 62 valence electrons. The molecule has 0 radical (unpaired) electrons. The monoisotopic (exact) mass is 165 g/mol. The molecule has 1 aliphatic heterocycles. The molecule has 0 aliphatic carbocycles. The summed E-state index contributed by atoms with van der Waals surface area (Å²) in [5.74, 6) is -0.710. The van der Waals surface area contributed by atoms with Crippen LogP contribution < -0.4 is 5.43 Å². The lowest BCUT2D eigenvalue weighted by Crippen LogP contribution is -2.19. The SMILES string of the molecule is O=C1/C=C\C=C/N=NNC(=O)C1. The minimum absolute atomic E-state index is 0.191. The molecule has 5 heteroatoms.